The largest absolute Gasteiger partial charge is 0.238 e. The Morgan fingerprint density at radius 3 is 1.53 bits per heavy atom. The van der Waals surface area contributed by atoms with E-state index in [1.165, 1.54) is 24.8 Å². The molecule has 0 aliphatic carbocycles. The van der Waals surface area contributed by atoms with Gasteiger partial charge in [0.15, 0.2) is 24.8 Å². The van der Waals surface area contributed by atoms with Crippen molar-refractivity contribution >= 4 is 0 Å². The topological polar surface area (TPSA) is 149 Å². The molecule has 0 unspecified atom stereocenters. The van der Waals surface area contributed by atoms with Gasteiger partial charge < -0.3 is 0 Å². The van der Waals surface area contributed by atoms with Gasteiger partial charge >= 0.3 is 0 Å². The maximum Gasteiger partial charge on any atom is 0.238 e. The molecule has 0 saturated heterocycles. The van der Waals surface area contributed by atoms with E-state index in [1.807, 2.05) is 0 Å². The van der Waals surface area contributed by atoms with E-state index in [1.54, 1.807) is 12.1 Å². The van der Waals surface area contributed by atoms with Crippen molar-refractivity contribution in [2.24, 2.45) is 0 Å². The lowest BCUT2D eigenvalue weighted by atomic mass is 9.97. The van der Waals surface area contributed by atoms with Crippen molar-refractivity contribution < 1.29 is 0 Å². The van der Waals surface area contributed by atoms with E-state index in [4.69, 9.17) is 31.6 Å². The minimum atomic E-state index is -1.99. The molecule has 17 heavy (non-hydrogen) atoms. The summed E-state index contributed by atoms with van der Waals surface area (Å²) in [5, 5.41) is 51.9. The molecular formula is C9H4N8. The Morgan fingerprint density at radius 1 is 0.765 bits per heavy atom. The van der Waals surface area contributed by atoms with Gasteiger partial charge in [-0.05, 0) is 0 Å². The summed E-state index contributed by atoms with van der Waals surface area (Å²) in [5.41, 5.74) is -1.99. The summed E-state index contributed by atoms with van der Waals surface area (Å²) in [6.45, 7) is -0.228. The first-order chi connectivity index (χ1) is 8.13. The molecule has 0 spiro atoms. The molecule has 0 fully saturated rings. The second kappa shape index (κ2) is 6.10. The van der Waals surface area contributed by atoms with Crippen molar-refractivity contribution in [3.05, 3.63) is 0 Å². The summed E-state index contributed by atoms with van der Waals surface area (Å²) in [7, 11) is 0. The van der Waals surface area contributed by atoms with E-state index in [-0.39, 0.29) is 13.0 Å². The Bertz CT molecular complexity index is 480. The molecule has 0 radical (unpaired) electrons. The van der Waals surface area contributed by atoms with Gasteiger partial charge in [0.25, 0.3) is 0 Å². The monoisotopic (exact) mass is 224 g/mol. The van der Waals surface area contributed by atoms with E-state index in [9.17, 15) is 0 Å². The van der Waals surface area contributed by atoms with Crippen molar-refractivity contribution in [3.8, 4) is 36.9 Å². The molecule has 0 N–H and O–H groups in total. The fourth-order valence-corrected chi connectivity index (χ4v) is 0.938. The van der Waals surface area contributed by atoms with Gasteiger partial charge in [-0.15, -0.1) is 0 Å². The maximum atomic E-state index is 8.87. The maximum absolute atomic E-state index is 8.87. The number of hydrogen-bond acceptors (Lipinski definition) is 8. The molecule has 0 rings (SSSR count). The fraction of sp³-hybridized carbons (Fsp3) is 0.333. The third-order valence-corrected chi connectivity index (χ3v) is 1.89. The lowest BCUT2D eigenvalue weighted by Gasteiger charge is -2.22. The highest BCUT2D eigenvalue weighted by molar-refractivity contribution is 5.27. The van der Waals surface area contributed by atoms with Gasteiger partial charge in [0.05, 0.1) is 0 Å². The fourth-order valence-electron chi connectivity index (χ4n) is 0.938. The van der Waals surface area contributed by atoms with Crippen LogP contribution in [0.1, 0.15) is 6.42 Å². The van der Waals surface area contributed by atoms with Gasteiger partial charge in [0, 0.05) is 13.0 Å². The van der Waals surface area contributed by atoms with Crippen LogP contribution in [0.25, 0.3) is 0 Å². The molecule has 0 aromatic rings. The van der Waals surface area contributed by atoms with Crippen LogP contribution < -0.4 is 0 Å². The average Bonchev–Trinajstić information content (AvgIpc) is 2.38. The zero-order chi connectivity index (χ0) is 13.3. The molecule has 0 saturated carbocycles. The summed E-state index contributed by atoms with van der Waals surface area (Å²) in [4.78, 5) is 0.969. The van der Waals surface area contributed by atoms with Crippen molar-refractivity contribution in [2.75, 3.05) is 6.54 Å². The van der Waals surface area contributed by atoms with Crippen LogP contribution in [0.15, 0.2) is 0 Å². The Labute approximate surface area is 97.5 Å². The summed E-state index contributed by atoms with van der Waals surface area (Å²) >= 11 is 0. The van der Waals surface area contributed by atoms with E-state index < -0.39 is 5.54 Å². The summed E-state index contributed by atoms with van der Waals surface area (Å²) in [6, 6.07) is 3.09. The van der Waals surface area contributed by atoms with Gasteiger partial charge in [0.1, 0.15) is 12.1 Å². The third-order valence-electron chi connectivity index (χ3n) is 1.89. The highest BCUT2D eigenvalue weighted by atomic mass is 15.2. The molecular weight excluding hydrogens is 220 g/mol. The number of rotatable bonds is 4. The van der Waals surface area contributed by atoms with Crippen molar-refractivity contribution in [2.45, 2.75) is 12.0 Å². The molecule has 8 nitrogen and oxygen atoms in total. The summed E-state index contributed by atoms with van der Waals surface area (Å²) < 4.78 is 0. The normalized spacial score (nSPS) is 8.12. The number of hydrogen-bond donors (Lipinski definition) is 0. The lowest BCUT2D eigenvalue weighted by molar-refractivity contribution is 0.328. The predicted octanol–water partition coefficient (Wildman–Crippen LogP) is -0.309. The SMILES string of the molecule is N#CN(C#N)CCC(C#N)(C#N)N(C#N)C#N. The van der Waals surface area contributed by atoms with E-state index in [0.717, 1.165) is 0 Å². The minimum Gasteiger partial charge on any atom is -0.215 e. The van der Waals surface area contributed by atoms with Gasteiger partial charge in [0.2, 0.25) is 5.54 Å². The van der Waals surface area contributed by atoms with Gasteiger partial charge in [-0.25, -0.2) is 4.90 Å². The first-order valence-corrected chi connectivity index (χ1v) is 4.13. The lowest BCUT2D eigenvalue weighted by Crippen LogP contribution is -2.42. The zero-order valence-electron chi connectivity index (χ0n) is 8.49. The molecule has 0 atom stereocenters. The molecule has 8 heteroatoms. The van der Waals surface area contributed by atoms with E-state index in [0.29, 0.717) is 9.80 Å². The Kier molecular flexibility index (Phi) is 4.86. The minimum absolute atomic E-state index is 0.228. The quantitative estimate of drug-likeness (QED) is 0.466. The smallest absolute Gasteiger partial charge is 0.215 e. The van der Waals surface area contributed by atoms with Crippen LogP contribution in [-0.2, 0) is 0 Å². The molecule has 0 bridgehead atoms. The molecule has 0 amide bonds. The molecule has 0 aromatic carbocycles. The van der Waals surface area contributed by atoms with Gasteiger partial charge in [-0.2, -0.15) is 36.5 Å². The first-order valence-electron chi connectivity index (χ1n) is 4.13. The van der Waals surface area contributed by atoms with Crippen molar-refractivity contribution in [1.82, 2.24) is 9.80 Å². The second-order valence-electron chi connectivity index (χ2n) is 2.72. The first kappa shape index (κ1) is 13.5. The van der Waals surface area contributed by atoms with E-state index >= 15 is 0 Å². The Balaban J connectivity index is 5.08. The summed E-state index contributed by atoms with van der Waals surface area (Å²) in [6.07, 6.45) is 5.52. The molecule has 80 valence electrons. The highest BCUT2D eigenvalue weighted by Crippen LogP contribution is 2.17. The predicted molar refractivity (Wildman–Crippen MR) is 49.6 cm³/mol. The van der Waals surface area contributed by atoms with Crippen molar-refractivity contribution in [1.29, 1.82) is 31.6 Å². The number of nitrogens with zero attached hydrogens (tertiary/aromatic N) is 8. The molecule has 0 aliphatic rings. The Morgan fingerprint density at radius 2 is 1.24 bits per heavy atom. The standard InChI is InChI=1S/C9H4N8/c10-3-9(4-11,17(7-14)8-15)1-2-16(5-12)6-13/h1-2H2. The zero-order valence-corrected chi connectivity index (χ0v) is 8.49. The van der Waals surface area contributed by atoms with E-state index in [2.05, 4.69) is 0 Å². The summed E-state index contributed by atoms with van der Waals surface area (Å²) in [5.74, 6) is 0. The Hall–Kier alpha value is -3.46. The van der Waals surface area contributed by atoms with Crippen LogP contribution >= 0.6 is 0 Å². The van der Waals surface area contributed by atoms with Gasteiger partial charge in [-0.3, -0.25) is 0 Å². The van der Waals surface area contributed by atoms with Crippen LogP contribution in [0.5, 0.6) is 0 Å². The number of nitriles is 6. The van der Waals surface area contributed by atoms with Crippen LogP contribution in [0, 0.1) is 68.5 Å². The highest BCUT2D eigenvalue weighted by Gasteiger charge is 2.38. The van der Waals surface area contributed by atoms with Crippen molar-refractivity contribution in [3.63, 3.8) is 0 Å². The van der Waals surface area contributed by atoms with Crippen LogP contribution in [0.2, 0.25) is 0 Å². The third kappa shape index (κ3) is 2.74. The average molecular weight is 224 g/mol. The molecule has 0 aliphatic heterocycles. The second-order valence-corrected chi connectivity index (χ2v) is 2.72. The molecule has 0 heterocycles. The van der Waals surface area contributed by atoms with Crippen LogP contribution in [0.4, 0.5) is 0 Å². The van der Waals surface area contributed by atoms with Gasteiger partial charge in [-0.1, -0.05) is 0 Å². The molecule has 0 aromatic heterocycles. The van der Waals surface area contributed by atoms with Crippen LogP contribution in [-0.4, -0.2) is 21.9 Å². The van der Waals surface area contributed by atoms with Crippen LogP contribution in [0.3, 0.4) is 0 Å².